The highest BCUT2D eigenvalue weighted by atomic mass is 79.9. The lowest BCUT2D eigenvalue weighted by Crippen LogP contribution is -2.37. The first-order valence-electron chi connectivity index (χ1n) is 4.03. The van der Waals surface area contributed by atoms with Gasteiger partial charge in [0.15, 0.2) is 0 Å². The maximum absolute atomic E-state index is 11.4. The SMILES string of the molecule is CC(C)(Br)C(=O)NCc1csc(=O)[nH]1. The summed E-state index contributed by atoms with van der Waals surface area (Å²) in [6, 6.07) is 0. The van der Waals surface area contributed by atoms with E-state index in [2.05, 4.69) is 26.2 Å². The fourth-order valence-corrected chi connectivity index (χ4v) is 1.51. The normalized spacial score (nSPS) is 11.4. The number of halogens is 1. The van der Waals surface area contributed by atoms with E-state index in [9.17, 15) is 9.59 Å². The molecular formula is C8H11BrN2O2S. The molecule has 14 heavy (non-hydrogen) atoms. The number of alkyl halides is 1. The number of aromatic nitrogens is 1. The predicted molar refractivity (Wildman–Crippen MR) is 59.8 cm³/mol. The van der Waals surface area contributed by atoms with Crippen LogP contribution in [0.2, 0.25) is 0 Å². The van der Waals surface area contributed by atoms with Crippen LogP contribution in [0.25, 0.3) is 0 Å². The minimum Gasteiger partial charge on any atom is -0.349 e. The van der Waals surface area contributed by atoms with Gasteiger partial charge in [-0.2, -0.15) is 0 Å². The second-order valence-electron chi connectivity index (χ2n) is 3.33. The summed E-state index contributed by atoms with van der Waals surface area (Å²) in [5.74, 6) is -0.107. The van der Waals surface area contributed by atoms with Crippen molar-refractivity contribution < 1.29 is 4.79 Å². The Balaban J connectivity index is 2.50. The molecule has 1 aromatic heterocycles. The number of carbonyl (C=O) groups excluding carboxylic acids is 1. The van der Waals surface area contributed by atoms with Crippen molar-refractivity contribution in [2.24, 2.45) is 0 Å². The van der Waals surface area contributed by atoms with E-state index in [-0.39, 0.29) is 10.8 Å². The van der Waals surface area contributed by atoms with E-state index in [1.54, 1.807) is 19.2 Å². The zero-order valence-electron chi connectivity index (χ0n) is 7.89. The number of amides is 1. The highest BCUT2D eigenvalue weighted by molar-refractivity contribution is 9.10. The van der Waals surface area contributed by atoms with E-state index < -0.39 is 4.32 Å². The molecule has 0 aliphatic heterocycles. The topological polar surface area (TPSA) is 62.0 Å². The number of H-pyrrole nitrogens is 1. The molecular weight excluding hydrogens is 268 g/mol. The van der Waals surface area contributed by atoms with E-state index in [0.717, 1.165) is 17.0 Å². The van der Waals surface area contributed by atoms with Crippen LogP contribution in [0.3, 0.4) is 0 Å². The molecule has 1 aromatic rings. The summed E-state index contributed by atoms with van der Waals surface area (Å²) < 4.78 is -0.580. The molecule has 0 radical (unpaired) electrons. The molecule has 0 fully saturated rings. The van der Waals surface area contributed by atoms with Gasteiger partial charge in [0.1, 0.15) is 0 Å². The molecule has 0 saturated carbocycles. The lowest BCUT2D eigenvalue weighted by atomic mass is 10.2. The van der Waals surface area contributed by atoms with Crippen LogP contribution >= 0.6 is 27.3 Å². The van der Waals surface area contributed by atoms with Crippen molar-refractivity contribution in [2.75, 3.05) is 0 Å². The molecule has 6 heteroatoms. The molecule has 0 bridgehead atoms. The van der Waals surface area contributed by atoms with Crippen LogP contribution in [-0.2, 0) is 11.3 Å². The van der Waals surface area contributed by atoms with Crippen molar-refractivity contribution in [1.29, 1.82) is 0 Å². The Kier molecular flexibility index (Phi) is 3.49. The van der Waals surface area contributed by atoms with E-state index in [4.69, 9.17) is 0 Å². The molecule has 0 aliphatic carbocycles. The standard InChI is InChI=1S/C8H11BrN2O2S/c1-8(2,9)6(12)10-3-5-4-14-7(13)11-5/h4H,3H2,1-2H3,(H,10,12)(H,11,13). The van der Waals surface area contributed by atoms with Gasteiger partial charge in [0, 0.05) is 11.1 Å². The van der Waals surface area contributed by atoms with Gasteiger partial charge in [-0.1, -0.05) is 27.3 Å². The third kappa shape index (κ3) is 3.26. The van der Waals surface area contributed by atoms with Crippen LogP contribution in [0.4, 0.5) is 0 Å². The first kappa shape index (κ1) is 11.5. The third-order valence-corrected chi connectivity index (χ3v) is 2.63. The molecule has 4 nitrogen and oxygen atoms in total. The summed E-state index contributed by atoms with van der Waals surface area (Å²) in [6.07, 6.45) is 0. The van der Waals surface area contributed by atoms with Crippen LogP contribution in [-0.4, -0.2) is 15.2 Å². The minimum atomic E-state index is -0.580. The summed E-state index contributed by atoms with van der Waals surface area (Å²) in [5.41, 5.74) is 0.727. The summed E-state index contributed by atoms with van der Waals surface area (Å²) in [7, 11) is 0. The molecule has 0 unspecified atom stereocenters. The first-order valence-corrected chi connectivity index (χ1v) is 5.71. The van der Waals surface area contributed by atoms with Crippen molar-refractivity contribution in [3.8, 4) is 0 Å². The molecule has 1 heterocycles. The van der Waals surface area contributed by atoms with Crippen molar-refractivity contribution >= 4 is 33.2 Å². The molecule has 2 N–H and O–H groups in total. The monoisotopic (exact) mass is 278 g/mol. The Bertz CT molecular complexity index is 377. The van der Waals surface area contributed by atoms with Crippen LogP contribution < -0.4 is 10.2 Å². The van der Waals surface area contributed by atoms with Crippen molar-refractivity contribution in [1.82, 2.24) is 10.3 Å². The van der Waals surface area contributed by atoms with Crippen LogP contribution in [0.15, 0.2) is 10.2 Å². The Morgan fingerprint density at radius 3 is 2.79 bits per heavy atom. The Hall–Kier alpha value is -0.620. The summed E-state index contributed by atoms with van der Waals surface area (Å²) in [6.45, 7) is 3.88. The maximum Gasteiger partial charge on any atom is 0.304 e. The van der Waals surface area contributed by atoms with E-state index in [1.165, 1.54) is 0 Å². The molecule has 0 saturated heterocycles. The number of hydrogen-bond donors (Lipinski definition) is 2. The predicted octanol–water partition coefficient (Wildman–Crippen LogP) is 1.23. The fourth-order valence-electron chi connectivity index (χ4n) is 0.786. The average molecular weight is 279 g/mol. The van der Waals surface area contributed by atoms with Crippen LogP contribution in [0.5, 0.6) is 0 Å². The molecule has 1 rings (SSSR count). The lowest BCUT2D eigenvalue weighted by Gasteiger charge is -2.14. The largest absolute Gasteiger partial charge is 0.349 e. The maximum atomic E-state index is 11.4. The zero-order chi connectivity index (χ0) is 10.8. The second-order valence-corrected chi connectivity index (χ2v) is 6.15. The molecule has 1 amide bonds. The lowest BCUT2D eigenvalue weighted by molar-refractivity contribution is -0.122. The van der Waals surface area contributed by atoms with Gasteiger partial charge in [-0.05, 0) is 13.8 Å². The number of carbonyl (C=O) groups is 1. The molecule has 0 aliphatic rings. The van der Waals surface area contributed by atoms with Gasteiger partial charge >= 0.3 is 4.87 Å². The highest BCUT2D eigenvalue weighted by Gasteiger charge is 2.22. The number of rotatable bonds is 3. The van der Waals surface area contributed by atoms with Crippen LogP contribution in [0, 0.1) is 0 Å². The molecule has 0 spiro atoms. The van der Waals surface area contributed by atoms with Crippen molar-refractivity contribution in [3.05, 3.63) is 20.7 Å². The van der Waals surface area contributed by atoms with Crippen molar-refractivity contribution in [3.63, 3.8) is 0 Å². The highest BCUT2D eigenvalue weighted by Crippen LogP contribution is 2.15. The van der Waals surface area contributed by atoms with Gasteiger partial charge in [-0.15, -0.1) is 0 Å². The fraction of sp³-hybridized carbons (Fsp3) is 0.500. The summed E-state index contributed by atoms with van der Waals surface area (Å²) >= 11 is 4.33. The Labute approximate surface area is 93.9 Å². The third-order valence-electron chi connectivity index (χ3n) is 1.55. The van der Waals surface area contributed by atoms with Crippen molar-refractivity contribution in [2.45, 2.75) is 24.7 Å². The van der Waals surface area contributed by atoms with Gasteiger partial charge < -0.3 is 10.3 Å². The Morgan fingerprint density at radius 1 is 1.71 bits per heavy atom. The first-order chi connectivity index (χ1) is 6.39. The molecule has 78 valence electrons. The van der Waals surface area contributed by atoms with E-state index >= 15 is 0 Å². The number of thiazole rings is 1. The van der Waals surface area contributed by atoms with E-state index in [0.29, 0.717) is 6.54 Å². The summed E-state index contributed by atoms with van der Waals surface area (Å²) in [4.78, 5) is 24.7. The van der Waals surface area contributed by atoms with E-state index in [1.807, 2.05) is 0 Å². The molecule has 0 atom stereocenters. The quantitative estimate of drug-likeness (QED) is 0.817. The van der Waals surface area contributed by atoms with Gasteiger partial charge in [0.05, 0.1) is 10.9 Å². The number of aromatic amines is 1. The number of nitrogens with one attached hydrogen (secondary N) is 2. The minimum absolute atomic E-state index is 0.104. The smallest absolute Gasteiger partial charge is 0.304 e. The van der Waals surface area contributed by atoms with Crippen LogP contribution in [0.1, 0.15) is 19.5 Å². The van der Waals surface area contributed by atoms with Gasteiger partial charge in [-0.25, -0.2) is 0 Å². The zero-order valence-corrected chi connectivity index (χ0v) is 10.3. The second kappa shape index (κ2) is 4.27. The average Bonchev–Trinajstić information content (AvgIpc) is 2.45. The van der Waals surface area contributed by atoms with Gasteiger partial charge in [-0.3, -0.25) is 9.59 Å². The molecule has 0 aromatic carbocycles. The summed E-state index contributed by atoms with van der Waals surface area (Å²) in [5, 5.41) is 4.40. The van der Waals surface area contributed by atoms with Gasteiger partial charge in [0.2, 0.25) is 5.91 Å². The number of hydrogen-bond acceptors (Lipinski definition) is 3. The van der Waals surface area contributed by atoms with Gasteiger partial charge in [0.25, 0.3) is 0 Å². The Morgan fingerprint density at radius 2 is 2.36 bits per heavy atom.